The van der Waals surface area contributed by atoms with Crippen LogP contribution in [-0.2, 0) is 10.0 Å². The van der Waals surface area contributed by atoms with Crippen LogP contribution < -0.4 is 0 Å². The molecule has 0 N–H and O–H groups in total. The molecule has 7 heteroatoms. The molecule has 1 aromatic rings. The Kier molecular flexibility index (Phi) is 5.53. The zero-order valence-corrected chi connectivity index (χ0v) is 16.3. The van der Waals surface area contributed by atoms with E-state index in [-0.39, 0.29) is 10.8 Å². The Bertz CT molecular complexity index is 693. The standard InChI is InChI=1S/C16H23BrN2O3S/c1-11-7-12(2)10-19(9-11)16(20)13-5-6-14(17)15(8-13)23(21,22)18(3)4/h5-6,8,11-12H,7,9-10H2,1-4H3/t11-,12-/m0/s1. The number of benzene rings is 1. The van der Waals surface area contributed by atoms with E-state index in [0.717, 1.165) is 23.8 Å². The minimum absolute atomic E-state index is 0.105. The molecule has 23 heavy (non-hydrogen) atoms. The Balaban J connectivity index is 2.36. The number of likely N-dealkylation sites (tertiary alicyclic amines) is 1. The number of amides is 1. The predicted molar refractivity (Wildman–Crippen MR) is 93.9 cm³/mol. The highest BCUT2D eigenvalue weighted by molar-refractivity contribution is 9.10. The smallest absolute Gasteiger partial charge is 0.253 e. The van der Waals surface area contributed by atoms with Gasteiger partial charge in [0, 0.05) is 37.2 Å². The number of hydrogen-bond donors (Lipinski definition) is 0. The lowest BCUT2D eigenvalue weighted by Gasteiger charge is -2.35. The van der Waals surface area contributed by atoms with Gasteiger partial charge in [-0.25, -0.2) is 12.7 Å². The number of carbonyl (C=O) groups excluding carboxylic acids is 1. The van der Waals surface area contributed by atoms with Gasteiger partial charge in [0.2, 0.25) is 10.0 Å². The highest BCUT2D eigenvalue weighted by Gasteiger charge is 2.28. The highest BCUT2D eigenvalue weighted by Crippen LogP contribution is 2.27. The van der Waals surface area contributed by atoms with Crippen molar-refractivity contribution in [3.8, 4) is 0 Å². The molecule has 2 atom stereocenters. The monoisotopic (exact) mass is 402 g/mol. The highest BCUT2D eigenvalue weighted by atomic mass is 79.9. The number of halogens is 1. The average molecular weight is 403 g/mol. The summed E-state index contributed by atoms with van der Waals surface area (Å²) in [6.45, 7) is 5.71. The van der Waals surface area contributed by atoms with Gasteiger partial charge in [0.1, 0.15) is 0 Å². The van der Waals surface area contributed by atoms with Gasteiger partial charge in [-0.15, -0.1) is 0 Å². The molecule has 1 saturated heterocycles. The molecule has 0 aromatic heterocycles. The Morgan fingerprint density at radius 2 is 1.78 bits per heavy atom. The maximum absolute atomic E-state index is 12.8. The zero-order chi connectivity index (χ0) is 17.4. The van der Waals surface area contributed by atoms with Crippen molar-refractivity contribution < 1.29 is 13.2 Å². The summed E-state index contributed by atoms with van der Waals surface area (Å²) in [5.41, 5.74) is 0.412. The van der Waals surface area contributed by atoms with Gasteiger partial charge in [0.15, 0.2) is 0 Å². The fraction of sp³-hybridized carbons (Fsp3) is 0.562. The summed E-state index contributed by atoms with van der Waals surface area (Å²) in [5, 5.41) is 0. The van der Waals surface area contributed by atoms with Gasteiger partial charge in [-0.05, 0) is 52.4 Å². The van der Waals surface area contributed by atoms with E-state index in [4.69, 9.17) is 0 Å². The van der Waals surface area contributed by atoms with Gasteiger partial charge in [-0.1, -0.05) is 13.8 Å². The molecular formula is C16H23BrN2O3S. The first kappa shape index (κ1) is 18.4. The lowest BCUT2D eigenvalue weighted by atomic mass is 9.91. The second-order valence-corrected chi connectivity index (χ2v) is 9.56. The van der Waals surface area contributed by atoms with Crippen molar-refractivity contribution in [3.63, 3.8) is 0 Å². The molecule has 5 nitrogen and oxygen atoms in total. The van der Waals surface area contributed by atoms with Crippen molar-refractivity contribution in [2.45, 2.75) is 25.2 Å². The molecular weight excluding hydrogens is 380 g/mol. The molecule has 1 aromatic carbocycles. The summed E-state index contributed by atoms with van der Waals surface area (Å²) in [4.78, 5) is 14.7. The first-order chi connectivity index (χ1) is 10.6. The summed E-state index contributed by atoms with van der Waals surface area (Å²) < 4.78 is 26.4. The second kappa shape index (κ2) is 6.91. The maximum Gasteiger partial charge on any atom is 0.253 e. The molecule has 1 heterocycles. The lowest BCUT2D eigenvalue weighted by molar-refractivity contribution is 0.0623. The molecule has 0 aliphatic carbocycles. The van der Waals surface area contributed by atoms with Crippen molar-refractivity contribution in [1.82, 2.24) is 9.21 Å². The molecule has 0 saturated carbocycles. The summed E-state index contributed by atoms with van der Waals surface area (Å²) >= 11 is 3.27. The van der Waals surface area contributed by atoms with Crippen LogP contribution in [0.3, 0.4) is 0 Å². The Labute approximate surface area is 146 Å². The van der Waals surface area contributed by atoms with E-state index in [1.54, 1.807) is 12.1 Å². The first-order valence-corrected chi connectivity index (χ1v) is 9.87. The largest absolute Gasteiger partial charge is 0.338 e. The van der Waals surface area contributed by atoms with Crippen molar-refractivity contribution >= 4 is 31.9 Å². The van der Waals surface area contributed by atoms with Gasteiger partial charge in [0.05, 0.1) is 4.90 Å². The van der Waals surface area contributed by atoms with Crippen LogP contribution in [0, 0.1) is 11.8 Å². The molecule has 0 unspecified atom stereocenters. The fourth-order valence-corrected chi connectivity index (χ4v) is 4.89. The predicted octanol–water partition coefficient (Wildman–Crippen LogP) is 2.82. The molecule has 128 valence electrons. The van der Waals surface area contributed by atoms with E-state index in [0.29, 0.717) is 21.9 Å². The van der Waals surface area contributed by atoms with Crippen molar-refractivity contribution in [3.05, 3.63) is 28.2 Å². The zero-order valence-electron chi connectivity index (χ0n) is 13.9. The van der Waals surface area contributed by atoms with Crippen LogP contribution in [0.25, 0.3) is 0 Å². The van der Waals surface area contributed by atoms with Crippen LogP contribution in [0.5, 0.6) is 0 Å². The van der Waals surface area contributed by atoms with Crippen LogP contribution in [0.2, 0.25) is 0 Å². The average Bonchev–Trinajstić information content (AvgIpc) is 2.45. The quantitative estimate of drug-likeness (QED) is 0.780. The van der Waals surface area contributed by atoms with E-state index in [1.807, 2.05) is 4.90 Å². The molecule has 1 amide bonds. The van der Waals surface area contributed by atoms with Crippen molar-refractivity contribution in [2.75, 3.05) is 27.2 Å². The molecule has 1 aliphatic heterocycles. The van der Waals surface area contributed by atoms with Crippen LogP contribution in [0.4, 0.5) is 0 Å². The molecule has 0 bridgehead atoms. The Hall–Kier alpha value is -0.920. The van der Waals surface area contributed by atoms with Crippen LogP contribution in [-0.4, -0.2) is 50.7 Å². The van der Waals surface area contributed by atoms with Gasteiger partial charge in [-0.2, -0.15) is 0 Å². The lowest BCUT2D eigenvalue weighted by Crippen LogP contribution is -2.42. The third-order valence-electron chi connectivity index (χ3n) is 4.09. The van der Waals surface area contributed by atoms with E-state index in [2.05, 4.69) is 29.8 Å². The summed E-state index contributed by atoms with van der Waals surface area (Å²) in [6, 6.07) is 4.76. The van der Waals surface area contributed by atoms with Gasteiger partial charge >= 0.3 is 0 Å². The van der Waals surface area contributed by atoms with E-state index < -0.39 is 10.0 Å². The third kappa shape index (κ3) is 3.95. The Morgan fingerprint density at radius 1 is 1.22 bits per heavy atom. The number of sulfonamides is 1. The van der Waals surface area contributed by atoms with Crippen LogP contribution in [0.15, 0.2) is 27.6 Å². The van der Waals surface area contributed by atoms with Gasteiger partial charge < -0.3 is 4.90 Å². The maximum atomic E-state index is 12.8. The van der Waals surface area contributed by atoms with E-state index in [9.17, 15) is 13.2 Å². The minimum atomic E-state index is -3.60. The van der Waals surface area contributed by atoms with Gasteiger partial charge in [0.25, 0.3) is 5.91 Å². The van der Waals surface area contributed by atoms with E-state index >= 15 is 0 Å². The van der Waals surface area contributed by atoms with Crippen molar-refractivity contribution in [1.29, 1.82) is 0 Å². The minimum Gasteiger partial charge on any atom is -0.338 e. The number of hydrogen-bond acceptors (Lipinski definition) is 3. The number of rotatable bonds is 3. The SMILES string of the molecule is C[C@H]1C[C@H](C)CN(C(=O)c2ccc(Br)c(S(=O)(=O)N(C)C)c2)C1. The fourth-order valence-electron chi connectivity index (χ4n) is 3.04. The normalized spacial score (nSPS) is 22.4. The van der Waals surface area contributed by atoms with E-state index in [1.165, 1.54) is 20.2 Å². The number of carbonyl (C=O) groups is 1. The topological polar surface area (TPSA) is 57.7 Å². The van der Waals surface area contributed by atoms with Crippen LogP contribution >= 0.6 is 15.9 Å². The number of nitrogens with zero attached hydrogens (tertiary/aromatic N) is 2. The molecule has 0 radical (unpaired) electrons. The Morgan fingerprint density at radius 3 is 2.30 bits per heavy atom. The van der Waals surface area contributed by atoms with Gasteiger partial charge in [-0.3, -0.25) is 4.79 Å². The molecule has 0 spiro atoms. The number of piperidine rings is 1. The third-order valence-corrected chi connectivity index (χ3v) is 6.90. The molecule has 1 fully saturated rings. The molecule has 2 rings (SSSR count). The summed E-state index contributed by atoms with van der Waals surface area (Å²) in [6.07, 6.45) is 1.12. The second-order valence-electron chi connectivity index (χ2n) is 6.59. The summed E-state index contributed by atoms with van der Waals surface area (Å²) in [7, 11) is -0.647. The molecule has 1 aliphatic rings. The first-order valence-electron chi connectivity index (χ1n) is 7.64. The summed E-state index contributed by atoms with van der Waals surface area (Å²) in [5.74, 6) is 0.817. The van der Waals surface area contributed by atoms with Crippen LogP contribution in [0.1, 0.15) is 30.6 Å². The van der Waals surface area contributed by atoms with Crippen molar-refractivity contribution in [2.24, 2.45) is 11.8 Å².